The SMILES string of the molecule is C/C(=C/Cc1cc(O)c(C)c(C)c1O)CCCC(C)C. The van der Waals surface area contributed by atoms with E-state index in [0.717, 1.165) is 29.0 Å². The van der Waals surface area contributed by atoms with Crippen molar-refractivity contribution in [2.45, 2.75) is 60.3 Å². The van der Waals surface area contributed by atoms with E-state index in [2.05, 4.69) is 26.8 Å². The summed E-state index contributed by atoms with van der Waals surface area (Å²) in [5.41, 5.74) is 3.67. The molecule has 0 heterocycles. The Morgan fingerprint density at radius 2 is 1.85 bits per heavy atom. The summed E-state index contributed by atoms with van der Waals surface area (Å²) in [6.45, 7) is 10.3. The number of rotatable bonds is 6. The Morgan fingerprint density at radius 3 is 2.45 bits per heavy atom. The zero-order chi connectivity index (χ0) is 15.3. The van der Waals surface area contributed by atoms with Crippen LogP contribution < -0.4 is 0 Å². The molecule has 0 aliphatic carbocycles. The maximum atomic E-state index is 10.1. The number of hydrogen-bond acceptors (Lipinski definition) is 2. The number of phenolic OH excluding ortho intramolecular Hbond substituents is 2. The van der Waals surface area contributed by atoms with Crippen LogP contribution in [0.25, 0.3) is 0 Å². The Bertz CT molecular complexity index is 485. The summed E-state index contributed by atoms with van der Waals surface area (Å²) in [6, 6.07) is 1.68. The van der Waals surface area contributed by atoms with Crippen LogP contribution in [0.3, 0.4) is 0 Å². The minimum Gasteiger partial charge on any atom is -0.508 e. The van der Waals surface area contributed by atoms with Gasteiger partial charge in [-0.05, 0) is 63.1 Å². The van der Waals surface area contributed by atoms with Crippen LogP contribution in [0.4, 0.5) is 0 Å². The fraction of sp³-hybridized carbons (Fsp3) is 0.556. The summed E-state index contributed by atoms with van der Waals surface area (Å²) in [4.78, 5) is 0. The van der Waals surface area contributed by atoms with Gasteiger partial charge in [0, 0.05) is 5.56 Å². The molecule has 1 aromatic rings. The first-order valence-corrected chi connectivity index (χ1v) is 7.49. The van der Waals surface area contributed by atoms with Gasteiger partial charge in [0.2, 0.25) is 0 Å². The predicted octanol–water partition coefficient (Wildman–Crippen LogP) is 5.03. The van der Waals surface area contributed by atoms with Crippen LogP contribution in [0.1, 0.15) is 56.7 Å². The predicted molar refractivity (Wildman–Crippen MR) is 85.4 cm³/mol. The Balaban J connectivity index is 2.70. The third-order valence-corrected chi connectivity index (χ3v) is 3.94. The fourth-order valence-electron chi connectivity index (χ4n) is 2.28. The molecule has 0 spiro atoms. The quantitative estimate of drug-likeness (QED) is 0.565. The van der Waals surface area contributed by atoms with Gasteiger partial charge in [-0.25, -0.2) is 0 Å². The second kappa shape index (κ2) is 7.37. The van der Waals surface area contributed by atoms with E-state index in [1.165, 1.54) is 18.4 Å². The van der Waals surface area contributed by atoms with Gasteiger partial charge in [0.25, 0.3) is 0 Å². The average Bonchev–Trinajstić information content (AvgIpc) is 2.38. The lowest BCUT2D eigenvalue weighted by Crippen LogP contribution is -1.92. The summed E-state index contributed by atoms with van der Waals surface area (Å²) in [7, 11) is 0. The highest BCUT2D eigenvalue weighted by Gasteiger charge is 2.10. The summed E-state index contributed by atoms with van der Waals surface area (Å²) in [5.74, 6) is 1.33. The molecule has 0 unspecified atom stereocenters. The molecule has 1 aromatic carbocycles. The van der Waals surface area contributed by atoms with Crippen molar-refractivity contribution < 1.29 is 10.2 Å². The molecule has 2 N–H and O–H groups in total. The lowest BCUT2D eigenvalue weighted by molar-refractivity contribution is 0.448. The maximum Gasteiger partial charge on any atom is 0.122 e. The van der Waals surface area contributed by atoms with Crippen LogP contribution in [-0.4, -0.2) is 10.2 Å². The summed E-state index contributed by atoms with van der Waals surface area (Å²) >= 11 is 0. The topological polar surface area (TPSA) is 40.5 Å². The highest BCUT2D eigenvalue weighted by Crippen LogP contribution is 2.32. The highest BCUT2D eigenvalue weighted by atomic mass is 16.3. The number of allylic oxidation sites excluding steroid dienone is 2. The Morgan fingerprint density at radius 1 is 1.20 bits per heavy atom. The van der Waals surface area contributed by atoms with E-state index in [4.69, 9.17) is 0 Å². The number of aromatic hydroxyl groups is 2. The van der Waals surface area contributed by atoms with Crippen molar-refractivity contribution in [3.05, 3.63) is 34.4 Å². The Kier molecular flexibility index (Phi) is 6.12. The first-order valence-electron chi connectivity index (χ1n) is 7.49. The summed E-state index contributed by atoms with van der Waals surface area (Å²) < 4.78 is 0. The van der Waals surface area contributed by atoms with Gasteiger partial charge in [-0.1, -0.05) is 31.9 Å². The molecule has 0 aliphatic heterocycles. The zero-order valence-corrected chi connectivity index (χ0v) is 13.5. The molecule has 0 fully saturated rings. The van der Waals surface area contributed by atoms with E-state index in [1.54, 1.807) is 6.07 Å². The average molecular weight is 276 g/mol. The lowest BCUT2D eigenvalue weighted by Gasteiger charge is -2.11. The molecule has 0 saturated carbocycles. The van der Waals surface area contributed by atoms with E-state index >= 15 is 0 Å². The van der Waals surface area contributed by atoms with E-state index in [1.807, 2.05) is 13.8 Å². The normalized spacial score (nSPS) is 12.2. The Labute approximate surface area is 123 Å². The molecule has 0 amide bonds. The van der Waals surface area contributed by atoms with Crippen LogP contribution in [0.15, 0.2) is 17.7 Å². The van der Waals surface area contributed by atoms with E-state index in [0.29, 0.717) is 12.2 Å². The van der Waals surface area contributed by atoms with E-state index in [9.17, 15) is 10.2 Å². The van der Waals surface area contributed by atoms with Crippen molar-refractivity contribution >= 4 is 0 Å². The first kappa shape index (κ1) is 16.6. The molecular weight excluding hydrogens is 248 g/mol. The van der Waals surface area contributed by atoms with Crippen molar-refractivity contribution in [3.8, 4) is 11.5 Å². The monoisotopic (exact) mass is 276 g/mol. The summed E-state index contributed by atoms with van der Waals surface area (Å²) in [6.07, 6.45) is 6.40. The minimum atomic E-state index is 0.265. The van der Waals surface area contributed by atoms with Gasteiger partial charge in [0.1, 0.15) is 11.5 Å². The molecule has 0 aromatic heterocycles. The lowest BCUT2D eigenvalue weighted by atomic mass is 9.99. The van der Waals surface area contributed by atoms with Crippen molar-refractivity contribution in [1.29, 1.82) is 0 Å². The summed E-state index contributed by atoms with van der Waals surface area (Å²) in [5, 5.41) is 20.0. The minimum absolute atomic E-state index is 0.265. The van der Waals surface area contributed by atoms with Crippen LogP contribution in [0.5, 0.6) is 11.5 Å². The van der Waals surface area contributed by atoms with Gasteiger partial charge < -0.3 is 10.2 Å². The first-order chi connectivity index (χ1) is 9.32. The second-order valence-corrected chi connectivity index (χ2v) is 6.19. The fourth-order valence-corrected chi connectivity index (χ4v) is 2.28. The van der Waals surface area contributed by atoms with Crippen molar-refractivity contribution in [3.63, 3.8) is 0 Å². The van der Waals surface area contributed by atoms with Gasteiger partial charge in [0.05, 0.1) is 0 Å². The van der Waals surface area contributed by atoms with Crippen molar-refractivity contribution in [2.75, 3.05) is 0 Å². The second-order valence-electron chi connectivity index (χ2n) is 6.19. The van der Waals surface area contributed by atoms with Crippen molar-refractivity contribution in [2.24, 2.45) is 5.92 Å². The standard InChI is InChI=1S/C18H28O2/c1-12(2)7-6-8-13(3)9-10-16-11-17(19)14(4)15(5)18(16)20/h9,11-12,19-20H,6-8,10H2,1-5H3/b13-9-. The number of benzene rings is 1. The third-order valence-electron chi connectivity index (χ3n) is 3.94. The van der Waals surface area contributed by atoms with Gasteiger partial charge in [-0.15, -0.1) is 0 Å². The molecule has 112 valence electrons. The molecule has 0 radical (unpaired) electrons. The van der Waals surface area contributed by atoms with Crippen LogP contribution in [0, 0.1) is 19.8 Å². The zero-order valence-electron chi connectivity index (χ0n) is 13.5. The van der Waals surface area contributed by atoms with E-state index in [-0.39, 0.29) is 5.75 Å². The van der Waals surface area contributed by atoms with Gasteiger partial charge in [-0.3, -0.25) is 0 Å². The Hall–Kier alpha value is -1.44. The maximum absolute atomic E-state index is 10.1. The van der Waals surface area contributed by atoms with Crippen LogP contribution in [0.2, 0.25) is 0 Å². The molecule has 0 bridgehead atoms. The van der Waals surface area contributed by atoms with Gasteiger partial charge in [0.15, 0.2) is 0 Å². The van der Waals surface area contributed by atoms with Crippen LogP contribution >= 0.6 is 0 Å². The molecule has 0 saturated heterocycles. The molecule has 0 atom stereocenters. The van der Waals surface area contributed by atoms with E-state index < -0.39 is 0 Å². The number of hydrogen-bond donors (Lipinski definition) is 2. The number of phenols is 2. The van der Waals surface area contributed by atoms with Gasteiger partial charge in [-0.2, -0.15) is 0 Å². The molecule has 1 rings (SSSR count). The third kappa shape index (κ3) is 4.59. The van der Waals surface area contributed by atoms with Crippen molar-refractivity contribution in [1.82, 2.24) is 0 Å². The van der Waals surface area contributed by atoms with Crippen LogP contribution in [-0.2, 0) is 6.42 Å². The molecule has 0 aliphatic rings. The largest absolute Gasteiger partial charge is 0.508 e. The van der Waals surface area contributed by atoms with Gasteiger partial charge >= 0.3 is 0 Å². The highest BCUT2D eigenvalue weighted by molar-refractivity contribution is 5.51. The molecule has 2 nitrogen and oxygen atoms in total. The molecule has 20 heavy (non-hydrogen) atoms. The molecule has 2 heteroatoms. The molecular formula is C18H28O2. The smallest absolute Gasteiger partial charge is 0.122 e.